The van der Waals surface area contributed by atoms with Crippen molar-refractivity contribution in [3.63, 3.8) is 0 Å². The highest BCUT2D eigenvalue weighted by molar-refractivity contribution is 6.00. The number of nitrogens with zero attached hydrogens (tertiary/aromatic N) is 1. The number of nitrogens with one attached hydrogen (secondary N) is 1. The summed E-state index contributed by atoms with van der Waals surface area (Å²) < 4.78 is 2.11. The fourth-order valence-corrected chi connectivity index (χ4v) is 4.57. The molecule has 27 heavy (non-hydrogen) atoms. The number of primary amides is 1. The van der Waals surface area contributed by atoms with Crippen molar-refractivity contribution in [1.82, 2.24) is 4.57 Å². The summed E-state index contributed by atoms with van der Waals surface area (Å²) in [5.74, 6) is -0.178. The highest BCUT2D eigenvalue weighted by Gasteiger charge is 2.25. The molecule has 1 aromatic carbocycles. The number of carbonyl (C=O) groups excluding carboxylic acids is 2. The van der Waals surface area contributed by atoms with E-state index in [1.807, 2.05) is 25.3 Å². The number of fused-ring (bicyclic) bond motifs is 1. The van der Waals surface area contributed by atoms with Gasteiger partial charge in [0.15, 0.2) is 5.78 Å². The van der Waals surface area contributed by atoms with Crippen LogP contribution in [0.15, 0.2) is 24.4 Å². The summed E-state index contributed by atoms with van der Waals surface area (Å²) in [7, 11) is 0. The predicted octanol–water partition coefficient (Wildman–Crippen LogP) is 4.15. The van der Waals surface area contributed by atoms with E-state index >= 15 is 0 Å². The first kappa shape index (κ1) is 17.8. The highest BCUT2D eigenvalue weighted by Crippen LogP contribution is 2.31. The average Bonchev–Trinajstić information content (AvgIpc) is 3.00. The number of rotatable bonds is 4. The zero-order chi connectivity index (χ0) is 19.0. The lowest BCUT2D eigenvalue weighted by Crippen LogP contribution is -2.24. The van der Waals surface area contributed by atoms with Gasteiger partial charge >= 0.3 is 0 Å². The number of amides is 1. The van der Waals surface area contributed by atoms with E-state index in [0.717, 1.165) is 53.9 Å². The van der Waals surface area contributed by atoms with Gasteiger partial charge in [0.25, 0.3) is 5.91 Å². The summed E-state index contributed by atoms with van der Waals surface area (Å²) in [6.45, 7) is 2.00. The number of nitrogens with two attached hydrogens (primary N) is 1. The summed E-state index contributed by atoms with van der Waals surface area (Å²) in [6.07, 6.45) is 10.4. The molecule has 0 spiro atoms. The Morgan fingerprint density at radius 1 is 1.15 bits per heavy atom. The maximum absolute atomic E-state index is 12.3. The molecule has 0 unspecified atom stereocenters. The quantitative estimate of drug-likeness (QED) is 0.854. The fraction of sp³-hybridized carbons (Fsp3) is 0.455. The third-order valence-corrected chi connectivity index (χ3v) is 5.90. The zero-order valence-electron chi connectivity index (χ0n) is 15.9. The highest BCUT2D eigenvalue weighted by atomic mass is 16.1. The van der Waals surface area contributed by atoms with E-state index in [-0.39, 0.29) is 5.78 Å². The first-order valence-electron chi connectivity index (χ1n) is 9.99. The zero-order valence-corrected chi connectivity index (χ0v) is 15.9. The number of aryl methyl sites for hydroxylation is 1. The van der Waals surface area contributed by atoms with Gasteiger partial charge in [-0.2, -0.15) is 0 Å². The van der Waals surface area contributed by atoms with Crippen molar-refractivity contribution >= 4 is 17.4 Å². The molecule has 1 saturated carbocycles. The number of hydrogen-bond donors (Lipinski definition) is 2. The number of ketones is 1. The van der Waals surface area contributed by atoms with E-state index in [2.05, 4.69) is 9.88 Å². The normalized spacial score (nSPS) is 17.6. The van der Waals surface area contributed by atoms with Crippen LogP contribution >= 0.6 is 0 Å². The van der Waals surface area contributed by atoms with Gasteiger partial charge in [-0.1, -0.05) is 19.3 Å². The topological polar surface area (TPSA) is 77.1 Å². The number of anilines is 1. The van der Waals surface area contributed by atoms with Crippen LogP contribution in [0.1, 0.15) is 76.9 Å². The summed E-state index contributed by atoms with van der Waals surface area (Å²) in [6, 6.07) is 6.11. The molecule has 0 radical (unpaired) electrons. The van der Waals surface area contributed by atoms with Crippen LogP contribution in [0.2, 0.25) is 0 Å². The maximum Gasteiger partial charge on any atom is 0.250 e. The summed E-state index contributed by atoms with van der Waals surface area (Å²) >= 11 is 0. The molecule has 1 fully saturated rings. The second-order valence-corrected chi connectivity index (χ2v) is 7.85. The van der Waals surface area contributed by atoms with Crippen molar-refractivity contribution < 1.29 is 9.59 Å². The van der Waals surface area contributed by atoms with Gasteiger partial charge in [0.2, 0.25) is 0 Å². The van der Waals surface area contributed by atoms with Crippen LogP contribution in [-0.4, -0.2) is 22.3 Å². The van der Waals surface area contributed by atoms with Gasteiger partial charge in [-0.25, -0.2) is 0 Å². The largest absolute Gasteiger partial charge is 0.382 e. The van der Waals surface area contributed by atoms with Crippen LogP contribution in [-0.2, 0) is 6.42 Å². The smallest absolute Gasteiger partial charge is 0.250 e. The molecule has 0 atom stereocenters. The minimum Gasteiger partial charge on any atom is -0.382 e. The number of benzene rings is 1. The van der Waals surface area contributed by atoms with Gasteiger partial charge < -0.3 is 15.6 Å². The van der Waals surface area contributed by atoms with Gasteiger partial charge in [-0.05, 0) is 56.4 Å². The van der Waals surface area contributed by atoms with Crippen molar-refractivity contribution in [3.05, 3.63) is 46.8 Å². The third kappa shape index (κ3) is 3.38. The van der Waals surface area contributed by atoms with Crippen molar-refractivity contribution in [3.8, 4) is 5.69 Å². The molecule has 142 valence electrons. The van der Waals surface area contributed by atoms with E-state index in [0.29, 0.717) is 18.0 Å². The lowest BCUT2D eigenvalue weighted by atomic mass is 9.94. The molecule has 3 N–H and O–H groups in total. The molecule has 2 aliphatic rings. The lowest BCUT2D eigenvalue weighted by Gasteiger charge is -2.25. The summed E-state index contributed by atoms with van der Waals surface area (Å²) in [4.78, 5) is 24.3. The van der Waals surface area contributed by atoms with E-state index < -0.39 is 5.91 Å². The SMILES string of the molecule is Cc1cn(-c2ccc(C(N)=O)c(NC3CCCCC3)c2)c2c1C(=O)CCC2. The Hall–Kier alpha value is -2.56. The molecule has 0 saturated heterocycles. The minimum absolute atomic E-state index is 0.238. The Kier molecular flexibility index (Phi) is 4.77. The molecule has 1 heterocycles. The standard InChI is InChI=1S/C22H27N3O2/c1-14-13-25(19-8-5-9-20(26)21(14)19)16-10-11-17(22(23)27)18(12-16)24-15-6-3-2-4-7-15/h10-13,15,24H,2-9H2,1H3,(H2,23,27). The van der Waals surface area contributed by atoms with E-state index in [4.69, 9.17) is 5.73 Å². The molecule has 2 aliphatic carbocycles. The van der Waals surface area contributed by atoms with Crippen LogP contribution in [0.5, 0.6) is 0 Å². The first-order chi connectivity index (χ1) is 13.0. The Morgan fingerprint density at radius 3 is 2.67 bits per heavy atom. The number of carbonyl (C=O) groups is 2. The molecule has 5 nitrogen and oxygen atoms in total. The number of aromatic nitrogens is 1. The molecule has 5 heteroatoms. The van der Waals surface area contributed by atoms with Crippen molar-refractivity contribution in [2.24, 2.45) is 5.73 Å². The first-order valence-corrected chi connectivity index (χ1v) is 9.99. The van der Waals surface area contributed by atoms with Crippen LogP contribution in [0, 0.1) is 6.92 Å². The second kappa shape index (κ2) is 7.22. The monoisotopic (exact) mass is 365 g/mol. The molecule has 1 amide bonds. The number of hydrogen-bond acceptors (Lipinski definition) is 3. The van der Waals surface area contributed by atoms with Crippen LogP contribution in [0.25, 0.3) is 5.69 Å². The maximum atomic E-state index is 12.3. The molecular weight excluding hydrogens is 338 g/mol. The van der Waals surface area contributed by atoms with E-state index in [9.17, 15) is 9.59 Å². The number of Topliss-reactive ketones (excluding diaryl/α,β-unsaturated/α-hetero) is 1. The van der Waals surface area contributed by atoms with Gasteiger partial charge in [0.1, 0.15) is 0 Å². The average molecular weight is 365 g/mol. The Balaban J connectivity index is 1.74. The lowest BCUT2D eigenvalue weighted by molar-refractivity contribution is 0.0969. The molecular formula is C22H27N3O2. The van der Waals surface area contributed by atoms with Crippen LogP contribution in [0.3, 0.4) is 0 Å². The van der Waals surface area contributed by atoms with Crippen LogP contribution < -0.4 is 11.1 Å². The van der Waals surface area contributed by atoms with Crippen molar-refractivity contribution in [2.75, 3.05) is 5.32 Å². The third-order valence-electron chi connectivity index (χ3n) is 5.90. The molecule has 4 rings (SSSR count). The Morgan fingerprint density at radius 2 is 1.93 bits per heavy atom. The molecule has 0 bridgehead atoms. The van der Waals surface area contributed by atoms with Gasteiger partial charge in [-0.3, -0.25) is 9.59 Å². The fourth-order valence-electron chi connectivity index (χ4n) is 4.57. The van der Waals surface area contributed by atoms with Gasteiger partial charge in [0.05, 0.1) is 5.56 Å². The second-order valence-electron chi connectivity index (χ2n) is 7.85. The predicted molar refractivity (Wildman–Crippen MR) is 107 cm³/mol. The molecule has 1 aromatic heterocycles. The molecule has 2 aromatic rings. The van der Waals surface area contributed by atoms with Gasteiger partial charge in [0, 0.05) is 41.3 Å². The van der Waals surface area contributed by atoms with E-state index in [1.165, 1.54) is 19.3 Å². The summed E-state index contributed by atoms with van der Waals surface area (Å²) in [5, 5.41) is 3.56. The van der Waals surface area contributed by atoms with E-state index in [1.54, 1.807) is 6.07 Å². The minimum atomic E-state index is -0.416. The Bertz CT molecular complexity index is 891. The van der Waals surface area contributed by atoms with Crippen molar-refractivity contribution in [1.29, 1.82) is 0 Å². The summed E-state index contributed by atoms with van der Waals surface area (Å²) in [5.41, 5.74) is 10.9. The van der Waals surface area contributed by atoms with Gasteiger partial charge in [-0.15, -0.1) is 0 Å². The van der Waals surface area contributed by atoms with Crippen LogP contribution in [0.4, 0.5) is 5.69 Å². The molecule has 0 aliphatic heterocycles. The Labute approximate surface area is 159 Å². The van der Waals surface area contributed by atoms with Crippen molar-refractivity contribution in [2.45, 2.75) is 64.3 Å².